The number of hydrogen-bond acceptors (Lipinski definition) is 4. The van der Waals surface area contributed by atoms with Gasteiger partial charge in [0.15, 0.2) is 0 Å². The summed E-state index contributed by atoms with van der Waals surface area (Å²) in [6, 6.07) is 5.99. The second kappa shape index (κ2) is 4.88. The number of rotatable bonds is 4. The van der Waals surface area contributed by atoms with Crippen LogP contribution in [0.2, 0.25) is 0 Å². The molecule has 1 aromatic carbocycles. The molecule has 1 aliphatic heterocycles. The van der Waals surface area contributed by atoms with Gasteiger partial charge >= 0.3 is 5.97 Å². The van der Waals surface area contributed by atoms with Crippen molar-refractivity contribution >= 4 is 11.7 Å². The molecule has 4 heteroatoms. The van der Waals surface area contributed by atoms with Gasteiger partial charge < -0.3 is 14.8 Å². The molecule has 0 saturated carbocycles. The highest BCUT2D eigenvalue weighted by Crippen LogP contribution is 2.27. The molecule has 1 heterocycles. The number of hydrogen-bond donors (Lipinski definition) is 1. The van der Waals surface area contributed by atoms with Crippen LogP contribution in [0.3, 0.4) is 0 Å². The van der Waals surface area contributed by atoms with Crippen LogP contribution < -0.4 is 10.1 Å². The third-order valence-corrected chi connectivity index (χ3v) is 2.58. The fourth-order valence-electron chi connectivity index (χ4n) is 1.71. The van der Waals surface area contributed by atoms with Crippen LogP contribution in [-0.2, 0) is 16.0 Å². The second-order valence-corrected chi connectivity index (χ2v) is 3.67. The summed E-state index contributed by atoms with van der Waals surface area (Å²) in [4.78, 5) is 10.9. The summed E-state index contributed by atoms with van der Waals surface area (Å²) < 4.78 is 9.97. The number of methoxy groups -OCH3 is 1. The maximum Gasteiger partial charge on any atom is 0.307 e. The Morgan fingerprint density at radius 3 is 3.25 bits per heavy atom. The zero-order valence-corrected chi connectivity index (χ0v) is 9.29. The number of fused-ring (bicyclic) bond motifs is 1. The van der Waals surface area contributed by atoms with E-state index in [1.807, 2.05) is 12.1 Å². The third kappa shape index (κ3) is 2.45. The standard InChI is InChI=1S/C12H15NO3/c1-15-12(14)4-6-13-10-2-3-11-9(8-10)5-7-16-11/h2-3,8,13H,4-7H2,1H3. The van der Waals surface area contributed by atoms with E-state index >= 15 is 0 Å². The predicted octanol–water partition coefficient (Wildman–Crippen LogP) is 1.60. The van der Waals surface area contributed by atoms with Crippen molar-refractivity contribution < 1.29 is 14.3 Å². The molecule has 0 saturated heterocycles. The lowest BCUT2D eigenvalue weighted by atomic mass is 10.1. The van der Waals surface area contributed by atoms with Gasteiger partial charge in [0.25, 0.3) is 0 Å². The number of nitrogens with one attached hydrogen (secondary N) is 1. The Bertz CT molecular complexity index is 390. The first kappa shape index (κ1) is 10.8. The van der Waals surface area contributed by atoms with Gasteiger partial charge in [-0.05, 0) is 23.8 Å². The van der Waals surface area contributed by atoms with Crippen molar-refractivity contribution in [1.29, 1.82) is 0 Å². The molecule has 0 radical (unpaired) electrons. The van der Waals surface area contributed by atoms with Crippen LogP contribution in [0.1, 0.15) is 12.0 Å². The summed E-state index contributed by atoms with van der Waals surface area (Å²) >= 11 is 0. The topological polar surface area (TPSA) is 47.6 Å². The molecule has 1 aromatic rings. The summed E-state index contributed by atoms with van der Waals surface area (Å²) in [5.74, 6) is 0.774. The molecule has 1 N–H and O–H groups in total. The molecule has 16 heavy (non-hydrogen) atoms. The Morgan fingerprint density at radius 1 is 1.56 bits per heavy atom. The quantitative estimate of drug-likeness (QED) is 0.784. The smallest absolute Gasteiger partial charge is 0.307 e. The molecule has 0 fully saturated rings. The Kier molecular flexibility index (Phi) is 3.29. The first-order chi connectivity index (χ1) is 7.79. The zero-order valence-electron chi connectivity index (χ0n) is 9.29. The number of ether oxygens (including phenoxy) is 2. The van der Waals surface area contributed by atoms with Crippen LogP contribution in [0, 0.1) is 0 Å². The molecular formula is C12H15NO3. The fourth-order valence-corrected chi connectivity index (χ4v) is 1.71. The fraction of sp³-hybridized carbons (Fsp3) is 0.417. The Labute approximate surface area is 94.6 Å². The lowest BCUT2D eigenvalue weighted by molar-refractivity contribution is -0.140. The molecule has 0 aromatic heterocycles. The van der Waals surface area contributed by atoms with Gasteiger partial charge in [-0.2, -0.15) is 0 Å². The van der Waals surface area contributed by atoms with Crippen molar-refractivity contribution in [2.45, 2.75) is 12.8 Å². The van der Waals surface area contributed by atoms with Gasteiger partial charge in [-0.25, -0.2) is 0 Å². The van der Waals surface area contributed by atoms with E-state index in [0.29, 0.717) is 13.0 Å². The van der Waals surface area contributed by atoms with Gasteiger partial charge in [0.1, 0.15) is 5.75 Å². The molecule has 1 aliphatic rings. The van der Waals surface area contributed by atoms with Gasteiger partial charge in [-0.3, -0.25) is 4.79 Å². The summed E-state index contributed by atoms with van der Waals surface area (Å²) in [5, 5.41) is 3.18. The number of carbonyl (C=O) groups excluding carboxylic acids is 1. The minimum Gasteiger partial charge on any atom is -0.493 e. The van der Waals surface area contributed by atoms with E-state index in [0.717, 1.165) is 24.5 Å². The average Bonchev–Trinajstić information content (AvgIpc) is 2.76. The number of benzene rings is 1. The molecule has 0 bridgehead atoms. The summed E-state index contributed by atoms with van der Waals surface area (Å²) in [6.45, 7) is 1.35. The number of anilines is 1. The molecule has 4 nitrogen and oxygen atoms in total. The average molecular weight is 221 g/mol. The highest BCUT2D eigenvalue weighted by molar-refractivity contribution is 5.69. The molecule has 0 unspecified atom stereocenters. The molecular weight excluding hydrogens is 206 g/mol. The second-order valence-electron chi connectivity index (χ2n) is 3.67. The molecule has 2 rings (SSSR count). The van der Waals surface area contributed by atoms with Crippen LogP contribution in [0.15, 0.2) is 18.2 Å². The highest BCUT2D eigenvalue weighted by atomic mass is 16.5. The van der Waals surface area contributed by atoms with Gasteiger partial charge in [-0.1, -0.05) is 0 Å². The maximum atomic E-state index is 10.9. The van der Waals surface area contributed by atoms with E-state index in [2.05, 4.69) is 16.1 Å². The van der Waals surface area contributed by atoms with Crippen LogP contribution in [0.4, 0.5) is 5.69 Å². The monoisotopic (exact) mass is 221 g/mol. The predicted molar refractivity (Wildman–Crippen MR) is 60.8 cm³/mol. The summed E-state index contributed by atoms with van der Waals surface area (Å²) in [7, 11) is 1.40. The van der Waals surface area contributed by atoms with Crippen molar-refractivity contribution in [3.05, 3.63) is 23.8 Å². The van der Waals surface area contributed by atoms with E-state index in [1.165, 1.54) is 12.7 Å². The Hall–Kier alpha value is -1.71. The van der Waals surface area contributed by atoms with Crippen LogP contribution in [-0.4, -0.2) is 26.2 Å². The van der Waals surface area contributed by atoms with Gasteiger partial charge in [0, 0.05) is 18.7 Å². The molecule has 0 spiro atoms. The lowest BCUT2D eigenvalue weighted by Gasteiger charge is -2.07. The van der Waals surface area contributed by atoms with Crippen molar-refractivity contribution in [3.63, 3.8) is 0 Å². The van der Waals surface area contributed by atoms with Crippen LogP contribution in [0.25, 0.3) is 0 Å². The Morgan fingerprint density at radius 2 is 2.44 bits per heavy atom. The minimum atomic E-state index is -0.197. The van der Waals surface area contributed by atoms with E-state index < -0.39 is 0 Å². The molecule has 0 atom stereocenters. The van der Waals surface area contributed by atoms with Crippen LogP contribution >= 0.6 is 0 Å². The first-order valence-electron chi connectivity index (χ1n) is 5.36. The van der Waals surface area contributed by atoms with Crippen molar-refractivity contribution in [2.75, 3.05) is 25.6 Å². The summed E-state index contributed by atoms with van der Waals surface area (Å²) in [6.07, 6.45) is 1.34. The molecule has 0 amide bonds. The maximum absolute atomic E-state index is 10.9. The molecule has 86 valence electrons. The number of carbonyl (C=O) groups is 1. The van der Waals surface area contributed by atoms with E-state index in [9.17, 15) is 4.79 Å². The van der Waals surface area contributed by atoms with E-state index in [4.69, 9.17) is 4.74 Å². The molecule has 0 aliphatic carbocycles. The van der Waals surface area contributed by atoms with E-state index in [1.54, 1.807) is 0 Å². The third-order valence-electron chi connectivity index (χ3n) is 2.58. The zero-order chi connectivity index (χ0) is 11.4. The Balaban J connectivity index is 1.88. The van der Waals surface area contributed by atoms with Gasteiger partial charge in [0.05, 0.1) is 20.1 Å². The van der Waals surface area contributed by atoms with Crippen LogP contribution in [0.5, 0.6) is 5.75 Å². The highest BCUT2D eigenvalue weighted by Gasteiger charge is 2.11. The van der Waals surface area contributed by atoms with Crippen molar-refractivity contribution in [2.24, 2.45) is 0 Å². The van der Waals surface area contributed by atoms with Gasteiger partial charge in [-0.15, -0.1) is 0 Å². The SMILES string of the molecule is COC(=O)CCNc1ccc2c(c1)CCO2. The van der Waals surface area contributed by atoms with Crippen molar-refractivity contribution in [3.8, 4) is 5.75 Å². The van der Waals surface area contributed by atoms with Gasteiger partial charge in [0.2, 0.25) is 0 Å². The first-order valence-corrected chi connectivity index (χ1v) is 5.36. The normalized spacial score (nSPS) is 12.8. The number of esters is 1. The largest absolute Gasteiger partial charge is 0.493 e. The minimum absolute atomic E-state index is 0.197. The summed E-state index contributed by atoms with van der Waals surface area (Å²) in [5.41, 5.74) is 2.25. The van der Waals surface area contributed by atoms with Crippen molar-refractivity contribution in [1.82, 2.24) is 0 Å². The van der Waals surface area contributed by atoms with E-state index in [-0.39, 0.29) is 5.97 Å². The lowest BCUT2D eigenvalue weighted by Crippen LogP contribution is -2.09.